The number of rotatable bonds is 5. The van der Waals surface area contributed by atoms with Crippen LogP contribution >= 0.6 is 0 Å². The van der Waals surface area contributed by atoms with E-state index in [1.165, 1.54) is 13.8 Å². The molecule has 1 aromatic carbocycles. The van der Waals surface area contributed by atoms with Gasteiger partial charge in [-0.3, -0.25) is 14.2 Å². The van der Waals surface area contributed by atoms with E-state index < -0.39 is 12.0 Å². The lowest BCUT2D eigenvalue weighted by molar-refractivity contribution is -0.147. The molecule has 6 nitrogen and oxygen atoms in total. The molecular weight excluding hydrogens is 296 g/mol. The second kappa shape index (κ2) is 7.09. The largest absolute Gasteiger partial charge is 0.464 e. The zero-order chi connectivity index (χ0) is 17.0. The van der Waals surface area contributed by atoms with E-state index in [0.29, 0.717) is 0 Å². The number of amides is 1. The number of ether oxygens (including phenoxy) is 1. The Balaban J connectivity index is 2.39. The Hall–Kier alpha value is -2.63. The normalized spacial score (nSPS) is 12.0. The Morgan fingerprint density at radius 2 is 1.91 bits per heavy atom. The molecule has 2 rings (SSSR count). The summed E-state index contributed by atoms with van der Waals surface area (Å²) in [6.07, 6.45) is 1.97. The molecule has 0 fully saturated rings. The van der Waals surface area contributed by atoms with Gasteiger partial charge >= 0.3 is 5.97 Å². The lowest BCUT2D eigenvalue weighted by Gasteiger charge is -2.15. The Morgan fingerprint density at radius 3 is 2.52 bits per heavy atom. The van der Waals surface area contributed by atoms with Crippen molar-refractivity contribution >= 4 is 28.7 Å². The van der Waals surface area contributed by atoms with Gasteiger partial charge in [0.2, 0.25) is 11.8 Å². The highest BCUT2D eigenvalue weighted by Gasteiger charge is 2.23. The first-order valence-electron chi connectivity index (χ1n) is 7.47. The molecule has 0 aliphatic heterocycles. The van der Waals surface area contributed by atoms with Crippen LogP contribution in [0.4, 0.5) is 0 Å². The number of nitrogens with zero attached hydrogens (tertiary/aromatic N) is 1. The minimum atomic E-state index is -0.779. The molecule has 0 aliphatic carbocycles. The van der Waals surface area contributed by atoms with Crippen molar-refractivity contribution in [3.8, 4) is 0 Å². The Kier molecular flexibility index (Phi) is 5.16. The first-order chi connectivity index (χ1) is 10.9. The van der Waals surface area contributed by atoms with E-state index in [1.807, 2.05) is 24.3 Å². The van der Waals surface area contributed by atoms with Crippen molar-refractivity contribution in [2.45, 2.75) is 33.2 Å². The fourth-order valence-corrected chi connectivity index (χ4v) is 2.57. The number of hydrogen-bond acceptors (Lipinski definition) is 4. The highest BCUT2D eigenvalue weighted by molar-refractivity contribution is 5.94. The van der Waals surface area contributed by atoms with Crippen LogP contribution in [0.2, 0.25) is 0 Å². The van der Waals surface area contributed by atoms with E-state index in [-0.39, 0.29) is 24.8 Å². The number of hydrogen-bond donors (Lipinski definition) is 1. The first kappa shape index (κ1) is 16.7. The van der Waals surface area contributed by atoms with Gasteiger partial charge in [-0.1, -0.05) is 18.2 Å². The molecular formula is C17H20N2O4. The van der Waals surface area contributed by atoms with Crippen LogP contribution in [-0.4, -0.2) is 35.0 Å². The van der Waals surface area contributed by atoms with Gasteiger partial charge in [-0.15, -0.1) is 0 Å². The number of para-hydroxylation sites is 1. The number of carbonyl (C=O) groups excluding carboxylic acids is 3. The summed E-state index contributed by atoms with van der Waals surface area (Å²) in [5.41, 5.74) is 1.59. The van der Waals surface area contributed by atoms with Gasteiger partial charge in [-0.25, -0.2) is 4.79 Å². The first-order valence-corrected chi connectivity index (χ1v) is 7.47. The topological polar surface area (TPSA) is 77.4 Å². The molecule has 2 aromatic rings. The van der Waals surface area contributed by atoms with Gasteiger partial charge in [0.1, 0.15) is 6.04 Å². The minimum absolute atomic E-state index is 0.111. The summed E-state index contributed by atoms with van der Waals surface area (Å²) >= 11 is 0. The van der Waals surface area contributed by atoms with Crippen molar-refractivity contribution in [3.05, 3.63) is 36.0 Å². The van der Waals surface area contributed by atoms with Crippen LogP contribution in [-0.2, 0) is 20.7 Å². The average molecular weight is 316 g/mol. The van der Waals surface area contributed by atoms with Gasteiger partial charge in [0.25, 0.3) is 0 Å². The molecule has 0 radical (unpaired) electrons. The Labute approximate surface area is 134 Å². The zero-order valence-electron chi connectivity index (χ0n) is 13.5. The third-order valence-corrected chi connectivity index (χ3v) is 3.51. The summed E-state index contributed by atoms with van der Waals surface area (Å²) in [5, 5.41) is 3.49. The van der Waals surface area contributed by atoms with E-state index in [2.05, 4.69) is 5.32 Å². The van der Waals surface area contributed by atoms with Crippen molar-refractivity contribution in [2.24, 2.45) is 0 Å². The molecule has 1 atom stereocenters. The Bertz CT molecular complexity index is 748. The lowest BCUT2D eigenvalue weighted by atomic mass is 10.0. The molecule has 0 saturated carbocycles. The third-order valence-electron chi connectivity index (χ3n) is 3.51. The molecule has 0 saturated heterocycles. The van der Waals surface area contributed by atoms with Crippen molar-refractivity contribution in [2.75, 3.05) is 6.61 Å². The predicted molar refractivity (Wildman–Crippen MR) is 86.2 cm³/mol. The fourth-order valence-electron chi connectivity index (χ4n) is 2.57. The average Bonchev–Trinajstić information content (AvgIpc) is 2.86. The van der Waals surface area contributed by atoms with Crippen LogP contribution in [0.25, 0.3) is 10.9 Å². The minimum Gasteiger partial charge on any atom is -0.464 e. The predicted octanol–water partition coefficient (Wildman–Crippen LogP) is 1.91. The third kappa shape index (κ3) is 3.77. The number of carbonyl (C=O) groups is 3. The molecule has 23 heavy (non-hydrogen) atoms. The van der Waals surface area contributed by atoms with Gasteiger partial charge in [0.15, 0.2) is 0 Å². The molecule has 0 aliphatic rings. The number of aromatic nitrogens is 1. The molecule has 0 spiro atoms. The van der Waals surface area contributed by atoms with E-state index in [0.717, 1.165) is 16.5 Å². The summed E-state index contributed by atoms with van der Waals surface area (Å²) in [4.78, 5) is 35.2. The van der Waals surface area contributed by atoms with Gasteiger partial charge in [0, 0.05) is 31.9 Å². The summed E-state index contributed by atoms with van der Waals surface area (Å²) in [6, 6.07) is 6.67. The smallest absolute Gasteiger partial charge is 0.328 e. The molecule has 1 N–H and O–H groups in total. The number of esters is 1. The maximum atomic E-state index is 12.0. The summed E-state index contributed by atoms with van der Waals surface area (Å²) in [7, 11) is 0. The fraction of sp³-hybridized carbons (Fsp3) is 0.353. The monoisotopic (exact) mass is 316 g/mol. The van der Waals surface area contributed by atoms with Crippen LogP contribution in [0.1, 0.15) is 31.1 Å². The van der Waals surface area contributed by atoms with Crippen LogP contribution in [0.5, 0.6) is 0 Å². The zero-order valence-corrected chi connectivity index (χ0v) is 13.5. The molecule has 122 valence electrons. The van der Waals surface area contributed by atoms with Crippen molar-refractivity contribution < 1.29 is 19.1 Å². The van der Waals surface area contributed by atoms with Gasteiger partial charge in [0.05, 0.1) is 12.1 Å². The van der Waals surface area contributed by atoms with Gasteiger partial charge in [-0.05, 0) is 18.6 Å². The van der Waals surface area contributed by atoms with Crippen LogP contribution < -0.4 is 5.32 Å². The van der Waals surface area contributed by atoms with E-state index in [4.69, 9.17) is 4.74 Å². The van der Waals surface area contributed by atoms with Crippen LogP contribution in [0.3, 0.4) is 0 Å². The van der Waals surface area contributed by atoms with E-state index in [1.54, 1.807) is 17.7 Å². The SMILES string of the molecule is CCOC(=O)[C@H](Cc1cn(C(C)=O)c2ccccc12)NC(C)=O. The Morgan fingerprint density at radius 1 is 1.22 bits per heavy atom. The second-order valence-corrected chi connectivity index (χ2v) is 5.27. The van der Waals surface area contributed by atoms with Crippen molar-refractivity contribution in [3.63, 3.8) is 0 Å². The maximum absolute atomic E-state index is 12.0. The molecule has 1 aromatic heterocycles. The highest BCUT2D eigenvalue weighted by Crippen LogP contribution is 2.22. The highest BCUT2D eigenvalue weighted by atomic mass is 16.5. The molecule has 1 amide bonds. The molecule has 6 heteroatoms. The summed E-state index contributed by atoms with van der Waals surface area (Å²) in [5.74, 6) is -0.902. The quantitative estimate of drug-likeness (QED) is 0.855. The van der Waals surface area contributed by atoms with Crippen LogP contribution in [0, 0.1) is 0 Å². The lowest BCUT2D eigenvalue weighted by Crippen LogP contribution is -2.42. The number of nitrogens with one attached hydrogen (secondary N) is 1. The number of fused-ring (bicyclic) bond motifs is 1. The number of benzene rings is 1. The summed E-state index contributed by atoms with van der Waals surface area (Å²) < 4.78 is 6.56. The molecule has 0 unspecified atom stereocenters. The molecule has 0 bridgehead atoms. The second-order valence-electron chi connectivity index (χ2n) is 5.27. The standard InChI is InChI=1S/C17H20N2O4/c1-4-23-17(22)15(18-11(2)20)9-13-10-19(12(3)21)16-8-6-5-7-14(13)16/h5-8,10,15H,4,9H2,1-3H3,(H,18,20)/t15-/m0/s1. The molecule has 1 heterocycles. The van der Waals surface area contributed by atoms with E-state index >= 15 is 0 Å². The van der Waals surface area contributed by atoms with Gasteiger partial charge in [-0.2, -0.15) is 0 Å². The van der Waals surface area contributed by atoms with E-state index in [9.17, 15) is 14.4 Å². The maximum Gasteiger partial charge on any atom is 0.328 e. The van der Waals surface area contributed by atoms with Gasteiger partial charge < -0.3 is 10.1 Å². The van der Waals surface area contributed by atoms with Crippen molar-refractivity contribution in [1.29, 1.82) is 0 Å². The van der Waals surface area contributed by atoms with Crippen LogP contribution in [0.15, 0.2) is 30.5 Å². The summed E-state index contributed by atoms with van der Waals surface area (Å²) in [6.45, 7) is 4.78. The van der Waals surface area contributed by atoms with Crippen molar-refractivity contribution in [1.82, 2.24) is 9.88 Å².